The first-order valence-corrected chi connectivity index (χ1v) is 10.5. The van der Waals surface area contributed by atoms with Crippen LogP contribution in [0.4, 0.5) is 0 Å². The molecule has 0 aliphatic heterocycles. The van der Waals surface area contributed by atoms with Crippen LogP contribution in [0.5, 0.6) is 11.5 Å². The second kappa shape index (κ2) is 11.2. The van der Waals surface area contributed by atoms with Crippen LogP contribution in [0.15, 0.2) is 30.3 Å². The van der Waals surface area contributed by atoms with Gasteiger partial charge in [-0.2, -0.15) is 0 Å². The Bertz CT molecular complexity index is 963. The van der Waals surface area contributed by atoms with E-state index in [2.05, 4.69) is 6.92 Å². The molecule has 0 aromatic heterocycles. The van der Waals surface area contributed by atoms with Gasteiger partial charge >= 0.3 is 11.9 Å². The molecular weight excluding hydrogens is 400 g/mol. The number of carbonyl (C=O) groups excluding carboxylic acids is 1. The fourth-order valence-electron chi connectivity index (χ4n) is 3.48. The Kier molecular flexibility index (Phi) is 8.61. The number of Topliss-reactive ketones (excluding diaryl/α,β-unsaturated/α-hetero) is 1. The maximum Gasteiger partial charge on any atom is 0.339 e. The van der Waals surface area contributed by atoms with Crippen molar-refractivity contribution < 1.29 is 34.8 Å². The van der Waals surface area contributed by atoms with Crippen molar-refractivity contribution in [2.24, 2.45) is 0 Å². The molecule has 0 heterocycles. The highest BCUT2D eigenvalue weighted by molar-refractivity contribution is 6.04. The van der Waals surface area contributed by atoms with Crippen LogP contribution in [-0.4, -0.2) is 38.1 Å². The van der Waals surface area contributed by atoms with Gasteiger partial charge in [0.1, 0.15) is 22.6 Å². The van der Waals surface area contributed by atoms with Crippen LogP contribution in [0, 0.1) is 0 Å². The Balaban J connectivity index is 2.30. The number of rotatable bonds is 12. The van der Waals surface area contributed by atoms with E-state index in [-0.39, 0.29) is 28.9 Å². The van der Waals surface area contributed by atoms with E-state index >= 15 is 0 Å². The summed E-state index contributed by atoms with van der Waals surface area (Å²) in [6.07, 6.45) is 7.49. The predicted molar refractivity (Wildman–Crippen MR) is 116 cm³/mol. The molecule has 7 nitrogen and oxygen atoms in total. The number of aromatic hydroxyl groups is 2. The molecule has 166 valence electrons. The zero-order valence-electron chi connectivity index (χ0n) is 17.6. The number of benzene rings is 2. The summed E-state index contributed by atoms with van der Waals surface area (Å²) in [6.45, 7) is 2.15. The lowest BCUT2D eigenvalue weighted by molar-refractivity contribution is 0.0682. The van der Waals surface area contributed by atoms with E-state index < -0.39 is 34.6 Å². The maximum absolute atomic E-state index is 12.7. The van der Waals surface area contributed by atoms with Gasteiger partial charge in [0.15, 0.2) is 5.78 Å². The summed E-state index contributed by atoms with van der Waals surface area (Å²) in [5.41, 5.74) is -0.959. The summed E-state index contributed by atoms with van der Waals surface area (Å²) in [4.78, 5) is 35.6. The molecule has 0 atom stereocenters. The van der Waals surface area contributed by atoms with Gasteiger partial charge < -0.3 is 20.4 Å². The predicted octanol–water partition coefficient (Wildman–Crippen LogP) is 5.48. The zero-order valence-corrected chi connectivity index (χ0v) is 17.6. The quantitative estimate of drug-likeness (QED) is 0.260. The number of carboxylic acid groups (broad SMARTS) is 2. The van der Waals surface area contributed by atoms with Crippen LogP contribution < -0.4 is 0 Å². The van der Waals surface area contributed by atoms with Crippen LogP contribution in [-0.2, 0) is 0 Å². The van der Waals surface area contributed by atoms with Crippen molar-refractivity contribution in [2.45, 2.75) is 58.3 Å². The van der Waals surface area contributed by atoms with Crippen molar-refractivity contribution in [1.82, 2.24) is 0 Å². The number of ketones is 1. The lowest BCUT2D eigenvalue weighted by Gasteiger charge is -2.13. The summed E-state index contributed by atoms with van der Waals surface area (Å²) in [6, 6.07) is 6.32. The van der Waals surface area contributed by atoms with E-state index in [9.17, 15) is 34.8 Å². The summed E-state index contributed by atoms with van der Waals surface area (Å²) in [5, 5.41) is 39.4. The topological polar surface area (TPSA) is 132 Å². The number of para-hydroxylation sites is 1. The number of aromatic carboxylic acids is 2. The third kappa shape index (κ3) is 6.07. The molecule has 2 rings (SSSR count). The highest BCUT2D eigenvalue weighted by Crippen LogP contribution is 2.40. The third-order valence-electron chi connectivity index (χ3n) is 5.23. The monoisotopic (exact) mass is 428 g/mol. The van der Waals surface area contributed by atoms with Gasteiger partial charge in [-0.25, -0.2) is 9.59 Å². The normalized spacial score (nSPS) is 10.7. The molecule has 0 fully saturated rings. The second-order valence-electron chi connectivity index (χ2n) is 7.53. The van der Waals surface area contributed by atoms with Crippen LogP contribution in [0.1, 0.15) is 89.4 Å². The number of phenols is 2. The van der Waals surface area contributed by atoms with E-state index in [4.69, 9.17) is 0 Å². The third-order valence-corrected chi connectivity index (χ3v) is 5.23. The van der Waals surface area contributed by atoms with Crippen molar-refractivity contribution in [2.75, 3.05) is 0 Å². The van der Waals surface area contributed by atoms with Gasteiger partial charge in [-0.05, 0) is 24.6 Å². The van der Waals surface area contributed by atoms with Gasteiger partial charge in [0.2, 0.25) is 0 Å². The highest BCUT2D eigenvalue weighted by atomic mass is 16.4. The molecule has 31 heavy (non-hydrogen) atoms. The van der Waals surface area contributed by atoms with E-state index in [0.717, 1.165) is 25.3 Å². The average molecular weight is 428 g/mol. The molecule has 2 aromatic rings. The number of carbonyl (C=O) groups is 3. The Morgan fingerprint density at radius 1 is 0.742 bits per heavy atom. The van der Waals surface area contributed by atoms with E-state index in [1.54, 1.807) is 0 Å². The maximum atomic E-state index is 12.7. The number of hydrogen-bond donors (Lipinski definition) is 4. The first-order chi connectivity index (χ1) is 14.8. The largest absolute Gasteiger partial charge is 0.506 e. The Morgan fingerprint density at radius 3 is 1.94 bits per heavy atom. The van der Waals surface area contributed by atoms with Crippen LogP contribution in [0.2, 0.25) is 0 Å². The highest BCUT2D eigenvalue weighted by Gasteiger charge is 2.23. The number of hydrogen-bond acceptors (Lipinski definition) is 5. The van der Waals surface area contributed by atoms with Crippen molar-refractivity contribution in [3.8, 4) is 22.6 Å². The molecule has 0 bridgehead atoms. The fourth-order valence-corrected chi connectivity index (χ4v) is 3.48. The molecule has 0 amide bonds. The van der Waals surface area contributed by atoms with Crippen molar-refractivity contribution >= 4 is 17.7 Å². The molecule has 0 unspecified atom stereocenters. The van der Waals surface area contributed by atoms with Gasteiger partial charge in [-0.15, -0.1) is 0 Å². The number of carboxylic acids is 2. The van der Waals surface area contributed by atoms with Gasteiger partial charge in [-0.1, -0.05) is 57.6 Å². The van der Waals surface area contributed by atoms with E-state index in [0.29, 0.717) is 6.42 Å². The van der Waals surface area contributed by atoms with Crippen LogP contribution in [0.3, 0.4) is 0 Å². The van der Waals surface area contributed by atoms with Crippen molar-refractivity contribution in [3.05, 3.63) is 47.0 Å². The Hall–Kier alpha value is -3.35. The molecule has 0 saturated carbocycles. The summed E-state index contributed by atoms with van der Waals surface area (Å²) in [7, 11) is 0. The molecule has 0 saturated heterocycles. The molecular formula is C24H28O7. The van der Waals surface area contributed by atoms with Gasteiger partial charge in [0.25, 0.3) is 0 Å². The summed E-state index contributed by atoms with van der Waals surface area (Å²) < 4.78 is 0. The fraction of sp³-hybridized carbons (Fsp3) is 0.375. The minimum atomic E-state index is -1.43. The molecule has 0 radical (unpaired) electrons. The van der Waals surface area contributed by atoms with E-state index in [1.165, 1.54) is 43.5 Å². The average Bonchev–Trinajstić information content (AvgIpc) is 2.73. The summed E-state index contributed by atoms with van der Waals surface area (Å²) in [5.74, 6) is -4.33. The lowest BCUT2D eigenvalue weighted by atomic mass is 9.93. The molecule has 0 aliphatic rings. The lowest BCUT2D eigenvalue weighted by Crippen LogP contribution is -2.05. The zero-order chi connectivity index (χ0) is 23.0. The molecule has 0 aliphatic carbocycles. The second-order valence-corrected chi connectivity index (χ2v) is 7.53. The first kappa shape index (κ1) is 23.9. The van der Waals surface area contributed by atoms with E-state index in [1.807, 2.05) is 0 Å². The minimum absolute atomic E-state index is 0.0644. The first-order valence-electron chi connectivity index (χ1n) is 10.5. The standard InChI is InChI=1S/C24H28O7/c1-2-3-4-5-6-7-8-12-20(25)15-13-18(22(27)19(14-15)24(30)31)16-10-9-11-17(21(16)26)23(28)29/h9-11,13-14,26-27H,2-8,12H2,1H3,(H,28,29)(H,30,31). The van der Waals surface area contributed by atoms with Crippen LogP contribution in [0.25, 0.3) is 11.1 Å². The van der Waals surface area contributed by atoms with Gasteiger partial charge in [0.05, 0.1) is 0 Å². The SMILES string of the molecule is CCCCCCCCCC(=O)c1cc(C(=O)O)c(O)c(-c2cccc(C(=O)O)c2O)c1. The number of unbranched alkanes of at least 4 members (excludes halogenated alkanes) is 6. The van der Waals surface area contributed by atoms with Crippen molar-refractivity contribution in [3.63, 3.8) is 0 Å². The summed E-state index contributed by atoms with van der Waals surface area (Å²) >= 11 is 0. The minimum Gasteiger partial charge on any atom is -0.506 e. The van der Waals surface area contributed by atoms with Gasteiger partial charge in [0, 0.05) is 23.1 Å². The van der Waals surface area contributed by atoms with Crippen LogP contribution >= 0.6 is 0 Å². The molecule has 0 spiro atoms. The van der Waals surface area contributed by atoms with Crippen molar-refractivity contribution in [1.29, 1.82) is 0 Å². The Morgan fingerprint density at radius 2 is 1.32 bits per heavy atom. The molecule has 7 heteroatoms. The Labute approximate surface area is 181 Å². The van der Waals surface area contributed by atoms with Gasteiger partial charge in [-0.3, -0.25) is 4.79 Å². The smallest absolute Gasteiger partial charge is 0.339 e. The molecule has 2 aromatic carbocycles. The molecule has 4 N–H and O–H groups in total.